The fourth-order valence-electron chi connectivity index (χ4n) is 3.37. The van der Waals surface area contributed by atoms with E-state index in [-0.39, 0.29) is 24.0 Å². The van der Waals surface area contributed by atoms with E-state index >= 15 is 0 Å². The van der Waals surface area contributed by atoms with Gasteiger partial charge in [0.1, 0.15) is 0 Å². The molecule has 0 aromatic heterocycles. The predicted octanol–water partition coefficient (Wildman–Crippen LogP) is 2.79. The van der Waals surface area contributed by atoms with Crippen molar-refractivity contribution in [1.82, 2.24) is 0 Å². The first kappa shape index (κ1) is 23.0. The van der Waals surface area contributed by atoms with E-state index in [1.807, 2.05) is 0 Å². The molecule has 0 fully saturated rings. The average Bonchev–Trinajstić information content (AvgIpc) is 2.41. The molecule has 0 aliphatic rings. The summed E-state index contributed by atoms with van der Waals surface area (Å²) in [5.41, 5.74) is 0. The molecule has 0 bridgehead atoms. The third-order valence-electron chi connectivity index (χ3n) is 4.37. The van der Waals surface area contributed by atoms with Crippen LogP contribution in [0.3, 0.4) is 0 Å². The Morgan fingerprint density at radius 3 is 1.15 bits per heavy atom. The highest BCUT2D eigenvalue weighted by Crippen LogP contribution is 2.16. The maximum Gasteiger partial charge on any atom is 0.0786 e. The number of hydrogen-bond acceptors (Lipinski definition) is 0. The highest BCUT2D eigenvalue weighted by molar-refractivity contribution is 4.50. The van der Waals surface area contributed by atoms with E-state index < -0.39 is 0 Å². The van der Waals surface area contributed by atoms with Crippen LogP contribution in [0, 0.1) is 0 Å². The summed E-state index contributed by atoms with van der Waals surface area (Å²) in [4.78, 5) is 0. The van der Waals surface area contributed by atoms with Gasteiger partial charge in [-0.3, -0.25) is 0 Å². The second-order valence-electron chi connectivity index (χ2n) is 6.36. The summed E-state index contributed by atoms with van der Waals surface area (Å²) in [5, 5.41) is 0. The molecule has 0 radical (unpaired) electrons. The van der Waals surface area contributed by atoms with Crippen LogP contribution in [0.2, 0.25) is 0 Å². The number of nitrogens with zero attached hydrogens (tertiary/aromatic N) is 1. The molecule has 0 N–H and O–H groups in total. The highest BCUT2D eigenvalue weighted by atomic mass is 127. The van der Waals surface area contributed by atoms with E-state index in [0.717, 1.165) is 0 Å². The Bertz CT molecular complexity index is 162. The summed E-state index contributed by atoms with van der Waals surface area (Å²) in [6.45, 7) is 15.0. The van der Waals surface area contributed by atoms with Crippen molar-refractivity contribution in [2.24, 2.45) is 0 Å². The average molecular weight is 397 g/mol. The predicted molar refractivity (Wildman–Crippen MR) is 88.6 cm³/mol. The van der Waals surface area contributed by atoms with E-state index in [2.05, 4.69) is 27.7 Å². The fraction of sp³-hybridized carbons (Fsp3) is 1.00. The molecule has 0 aliphatic carbocycles. The molecule has 124 valence electrons. The molecule has 0 saturated heterocycles. The van der Waals surface area contributed by atoms with Gasteiger partial charge in [-0.15, -0.1) is 0 Å². The van der Waals surface area contributed by atoms with Crippen molar-refractivity contribution < 1.29 is 28.5 Å². The minimum absolute atomic E-state index is 0. The molecular weight excluding hydrogens is 357 g/mol. The van der Waals surface area contributed by atoms with Crippen LogP contribution in [0.15, 0.2) is 0 Å². The fourth-order valence-corrected chi connectivity index (χ4v) is 3.37. The number of unbranched alkanes of at least 4 members (excludes halogenated alkanes) is 6. The number of quaternary nitrogens is 1. The smallest absolute Gasteiger partial charge is 0.0786 e. The standard InChI is InChI=1S/C18H40N.HI/c1-5-9-11-13-17-19(15-7-3,16-8-4)18-14-12-10-6-2;/h5-18H2,1-4H3;1H/q+1;/p-1. The maximum absolute atomic E-state index is 2.36. The molecule has 0 atom stereocenters. The third kappa shape index (κ3) is 11.4. The van der Waals surface area contributed by atoms with Crippen LogP contribution in [0.5, 0.6) is 0 Å². The highest BCUT2D eigenvalue weighted by Gasteiger charge is 2.24. The molecule has 0 heterocycles. The number of rotatable bonds is 14. The van der Waals surface area contributed by atoms with Crippen LogP contribution in [0.25, 0.3) is 0 Å². The van der Waals surface area contributed by atoms with Gasteiger partial charge >= 0.3 is 0 Å². The van der Waals surface area contributed by atoms with Crippen LogP contribution in [-0.4, -0.2) is 30.7 Å². The Kier molecular flexibility index (Phi) is 18.4. The van der Waals surface area contributed by atoms with E-state index in [4.69, 9.17) is 0 Å². The topological polar surface area (TPSA) is 0 Å². The first-order valence-electron chi connectivity index (χ1n) is 9.09. The molecule has 0 aromatic carbocycles. The number of hydrogen-bond donors (Lipinski definition) is 0. The van der Waals surface area contributed by atoms with E-state index in [0.29, 0.717) is 0 Å². The molecular formula is C18H40IN. The van der Waals surface area contributed by atoms with Crippen LogP contribution in [0.1, 0.15) is 91.9 Å². The molecule has 0 amide bonds. The zero-order valence-corrected chi connectivity index (χ0v) is 16.9. The van der Waals surface area contributed by atoms with Crippen molar-refractivity contribution in [2.75, 3.05) is 26.2 Å². The SMILES string of the molecule is CCCCCC[N+](CCC)(CCC)CCCCCC.[I-]. The van der Waals surface area contributed by atoms with Gasteiger partial charge in [0.2, 0.25) is 0 Å². The van der Waals surface area contributed by atoms with Gasteiger partial charge in [-0.05, 0) is 38.5 Å². The van der Waals surface area contributed by atoms with E-state index in [9.17, 15) is 0 Å². The Balaban J connectivity index is 0. The molecule has 0 saturated carbocycles. The lowest BCUT2D eigenvalue weighted by atomic mass is 10.1. The van der Waals surface area contributed by atoms with E-state index in [1.54, 1.807) is 0 Å². The van der Waals surface area contributed by atoms with Gasteiger partial charge in [-0.2, -0.15) is 0 Å². The molecule has 0 aliphatic heterocycles. The second-order valence-corrected chi connectivity index (χ2v) is 6.36. The Labute approximate surface area is 146 Å². The normalized spacial score (nSPS) is 11.4. The first-order valence-corrected chi connectivity index (χ1v) is 9.09. The van der Waals surface area contributed by atoms with E-state index in [1.165, 1.54) is 94.9 Å². The van der Waals surface area contributed by atoms with Crippen LogP contribution < -0.4 is 24.0 Å². The lowest BCUT2D eigenvalue weighted by Crippen LogP contribution is -3.00. The lowest BCUT2D eigenvalue weighted by molar-refractivity contribution is -0.928. The van der Waals surface area contributed by atoms with Gasteiger partial charge in [0, 0.05) is 0 Å². The molecule has 0 spiro atoms. The minimum Gasteiger partial charge on any atom is -1.00 e. The van der Waals surface area contributed by atoms with Gasteiger partial charge in [0.05, 0.1) is 26.2 Å². The largest absolute Gasteiger partial charge is 1.00 e. The van der Waals surface area contributed by atoms with Crippen molar-refractivity contribution in [1.29, 1.82) is 0 Å². The molecule has 1 nitrogen and oxygen atoms in total. The zero-order chi connectivity index (χ0) is 14.4. The Hall–Kier alpha value is 0.690. The molecule has 20 heavy (non-hydrogen) atoms. The van der Waals surface area contributed by atoms with Crippen LogP contribution >= 0.6 is 0 Å². The molecule has 0 rings (SSSR count). The summed E-state index contributed by atoms with van der Waals surface area (Å²) in [7, 11) is 0. The van der Waals surface area contributed by atoms with Crippen molar-refractivity contribution in [3.8, 4) is 0 Å². The Morgan fingerprint density at radius 2 is 0.850 bits per heavy atom. The first-order chi connectivity index (χ1) is 9.24. The minimum atomic E-state index is 0. The monoisotopic (exact) mass is 397 g/mol. The van der Waals surface area contributed by atoms with Crippen LogP contribution in [-0.2, 0) is 0 Å². The quantitative estimate of drug-likeness (QED) is 0.240. The zero-order valence-electron chi connectivity index (χ0n) is 14.7. The molecule has 2 heteroatoms. The van der Waals surface area contributed by atoms with Gasteiger partial charge < -0.3 is 28.5 Å². The second kappa shape index (κ2) is 16.1. The third-order valence-corrected chi connectivity index (χ3v) is 4.37. The number of halogens is 1. The summed E-state index contributed by atoms with van der Waals surface area (Å²) in [6.07, 6.45) is 14.0. The van der Waals surface area contributed by atoms with Gasteiger partial charge in [-0.25, -0.2) is 0 Å². The molecule has 0 aromatic rings. The van der Waals surface area contributed by atoms with Crippen molar-refractivity contribution in [3.63, 3.8) is 0 Å². The van der Waals surface area contributed by atoms with Gasteiger partial charge in [0.25, 0.3) is 0 Å². The summed E-state index contributed by atoms with van der Waals surface area (Å²) in [5.74, 6) is 0. The van der Waals surface area contributed by atoms with Crippen molar-refractivity contribution in [3.05, 3.63) is 0 Å². The Morgan fingerprint density at radius 1 is 0.450 bits per heavy atom. The molecule has 0 unspecified atom stereocenters. The summed E-state index contributed by atoms with van der Waals surface area (Å²) < 4.78 is 1.42. The summed E-state index contributed by atoms with van der Waals surface area (Å²) >= 11 is 0. The van der Waals surface area contributed by atoms with Gasteiger partial charge in [0.15, 0.2) is 0 Å². The van der Waals surface area contributed by atoms with Crippen molar-refractivity contribution >= 4 is 0 Å². The summed E-state index contributed by atoms with van der Waals surface area (Å²) in [6, 6.07) is 0. The lowest BCUT2D eigenvalue weighted by Gasteiger charge is -2.39. The van der Waals surface area contributed by atoms with Crippen LogP contribution in [0.4, 0.5) is 0 Å². The van der Waals surface area contributed by atoms with Gasteiger partial charge in [-0.1, -0.05) is 53.4 Å². The van der Waals surface area contributed by atoms with Crippen molar-refractivity contribution in [2.45, 2.75) is 91.9 Å². The maximum atomic E-state index is 2.36.